The van der Waals surface area contributed by atoms with Crippen LogP contribution in [0.3, 0.4) is 0 Å². The Kier molecular flexibility index (Phi) is 5.61. The van der Waals surface area contributed by atoms with E-state index in [2.05, 4.69) is 0 Å². The highest BCUT2D eigenvalue weighted by atomic mass is 16.8. The molecule has 0 radical (unpaired) electrons. The monoisotopic (exact) mass is 332 g/mol. The first kappa shape index (κ1) is 18.1. The van der Waals surface area contributed by atoms with Crippen molar-refractivity contribution in [2.24, 2.45) is 0 Å². The number of carbonyl (C=O) groups is 2. The van der Waals surface area contributed by atoms with Gasteiger partial charge in [-0.15, -0.1) is 0 Å². The van der Waals surface area contributed by atoms with Crippen LogP contribution in [-0.4, -0.2) is 62.1 Å². The Morgan fingerprint density at radius 1 is 0.870 bits per heavy atom. The van der Waals surface area contributed by atoms with Crippen molar-refractivity contribution in [1.82, 2.24) is 0 Å². The van der Waals surface area contributed by atoms with Gasteiger partial charge in [0.15, 0.2) is 11.6 Å². The van der Waals surface area contributed by atoms with Crippen molar-refractivity contribution in [2.75, 3.05) is 26.4 Å². The molecule has 2 aliphatic rings. The van der Waals surface area contributed by atoms with Crippen molar-refractivity contribution in [2.45, 2.75) is 57.9 Å². The summed E-state index contributed by atoms with van der Waals surface area (Å²) in [7, 11) is 0. The summed E-state index contributed by atoms with van der Waals surface area (Å²) in [6.07, 6.45) is -1.10. The number of hydrogen-bond donors (Lipinski definition) is 0. The van der Waals surface area contributed by atoms with Crippen LogP contribution in [0.5, 0.6) is 0 Å². The van der Waals surface area contributed by atoms with Gasteiger partial charge < -0.3 is 28.4 Å². The molecule has 2 unspecified atom stereocenters. The number of rotatable bonds is 6. The average molecular weight is 332 g/mol. The zero-order valence-corrected chi connectivity index (χ0v) is 14.0. The predicted molar refractivity (Wildman–Crippen MR) is 76.3 cm³/mol. The SMILES string of the molecule is CC1(C)OCC(COC(=O)CC(=O)OCC2COC(C)(C)O2)O1. The predicted octanol–water partition coefficient (Wildman–Crippen LogP) is 0.766. The third-order valence-electron chi connectivity index (χ3n) is 3.28. The molecule has 23 heavy (non-hydrogen) atoms. The van der Waals surface area contributed by atoms with Gasteiger partial charge in [0.05, 0.1) is 13.2 Å². The minimum Gasteiger partial charge on any atom is -0.462 e. The van der Waals surface area contributed by atoms with Gasteiger partial charge in [-0.3, -0.25) is 9.59 Å². The molecule has 2 heterocycles. The van der Waals surface area contributed by atoms with E-state index in [0.717, 1.165) is 0 Å². The Balaban J connectivity index is 1.59. The number of carbonyl (C=O) groups excluding carboxylic acids is 2. The fourth-order valence-corrected chi connectivity index (χ4v) is 2.28. The lowest BCUT2D eigenvalue weighted by atomic mass is 10.4. The molecular formula is C15H24O8. The fraction of sp³-hybridized carbons (Fsp3) is 0.867. The Morgan fingerprint density at radius 2 is 1.26 bits per heavy atom. The second kappa shape index (κ2) is 7.12. The van der Waals surface area contributed by atoms with Crippen LogP contribution in [0.15, 0.2) is 0 Å². The number of hydrogen-bond acceptors (Lipinski definition) is 8. The maximum Gasteiger partial charge on any atom is 0.317 e. The van der Waals surface area contributed by atoms with Gasteiger partial charge in [-0.05, 0) is 27.7 Å². The molecule has 8 nitrogen and oxygen atoms in total. The molecule has 0 aromatic rings. The van der Waals surface area contributed by atoms with E-state index in [9.17, 15) is 9.59 Å². The highest BCUT2D eigenvalue weighted by Crippen LogP contribution is 2.23. The Bertz CT molecular complexity index is 405. The zero-order chi connectivity index (χ0) is 17.1. The van der Waals surface area contributed by atoms with Crippen LogP contribution in [0.2, 0.25) is 0 Å². The Morgan fingerprint density at radius 3 is 1.57 bits per heavy atom. The summed E-state index contributed by atoms with van der Waals surface area (Å²) in [4.78, 5) is 23.2. The second-order valence-corrected chi connectivity index (χ2v) is 6.44. The second-order valence-electron chi connectivity index (χ2n) is 6.44. The molecule has 0 aliphatic carbocycles. The standard InChI is InChI=1S/C15H24O8/c1-14(2)20-8-10(22-14)6-18-12(16)5-13(17)19-7-11-9-21-15(3,4)23-11/h10-11H,5-9H2,1-4H3. The molecule has 2 fully saturated rings. The molecule has 0 bridgehead atoms. The molecule has 2 atom stereocenters. The summed E-state index contributed by atoms with van der Waals surface area (Å²) < 4.78 is 31.7. The number of esters is 2. The normalized spacial score (nSPS) is 28.5. The van der Waals surface area contributed by atoms with Crippen molar-refractivity contribution in [3.8, 4) is 0 Å². The largest absolute Gasteiger partial charge is 0.462 e. The Labute approximate surface area is 135 Å². The van der Waals surface area contributed by atoms with Crippen molar-refractivity contribution in [1.29, 1.82) is 0 Å². The van der Waals surface area contributed by atoms with Gasteiger partial charge in [-0.1, -0.05) is 0 Å². The van der Waals surface area contributed by atoms with E-state index in [0.29, 0.717) is 13.2 Å². The summed E-state index contributed by atoms with van der Waals surface area (Å²) in [5, 5.41) is 0. The third kappa shape index (κ3) is 6.06. The first-order chi connectivity index (χ1) is 10.7. The molecule has 8 heteroatoms. The fourth-order valence-electron chi connectivity index (χ4n) is 2.28. The quantitative estimate of drug-likeness (QED) is 0.520. The van der Waals surface area contributed by atoms with Gasteiger partial charge in [0, 0.05) is 0 Å². The lowest BCUT2D eigenvalue weighted by Gasteiger charge is -2.17. The van der Waals surface area contributed by atoms with Crippen LogP contribution in [0.1, 0.15) is 34.1 Å². The molecule has 2 aliphatic heterocycles. The average Bonchev–Trinajstić information content (AvgIpc) is 2.96. The molecule has 0 aromatic heterocycles. The maximum absolute atomic E-state index is 11.6. The molecular weight excluding hydrogens is 308 g/mol. The molecule has 2 saturated heterocycles. The van der Waals surface area contributed by atoms with Gasteiger partial charge in [0.25, 0.3) is 0 Å². The van der Waals surface area contributed by atoms with E-state index in [1.54, 1.807) is 27.7 Å². The van der Waals surface area contributed by atoms with Crippen molar-refractivity contribution in [3.63, 3.8) is 0 Å². The van der Waals surface area contributed by atoms with E-state index in [-0.39, 0.29) is 25.4 Å². The maximum atomic E-state index is 11.6. The molecule has 132 valence electrons. The Hall–Kier alpha value is -1.22. The summed E-state index contributed by atoms with van der Waals surface area (Å²) in [5.41, 5.74) is 0. The van der Waals surface area contributed by atoms with Crippen molar-refractivity contribution in [3.05, 3.63) is 0 Å². The first-order valence-electron chi connectivity index (χ1n) is 7.60. The summed E-state index contributed by atoms with van der Waals surface area (Å²) >= 11 is 0. The lowest BCUT2D eigenvalue weighted by Crippen LogP contribution is -2.27. The summed E-state index contributed by atoms with van der Waals surface area (Å²) in [5.74, 6) is -2.67. The molecule has 0 amide bonds. The molecule has 0 saturated carbocycles. The highest BCUT2D eigenvalue weighted by molar-refractivity contribution is 5.91. The van der Waals surface area contributed by atoms with E-state index < -0.39 is 29.9 Å². The van der Waals surface area contributed by atoms with Crippen LogP contribution in [0, 0.1) is 0 Å². The van der Waals surface area contributed by atoms with Gasteiger partial charge in [-0.2, -0.15) is 0 Å². The van der Waals surface area contributed by atoms with E-state index in [4.69, 9.17) is 28.4 Å². The topological polar surface area (TPSA) is 89.5 Å². The van der Waals surface area contributed by atoms with Gasteiger partial charge in [0.2, 0.25) is 0 Å². The lowest BCUT2D eigenvalue weighted by molar-refractivity contribution is -0.166. The van der Waals surface area contributed by atoms with Crippen LogP contribution in [0.4, 0.5) is 0 Å². The first-order valence-corrected chi connectivity index (χ1v) is 7.60. The highest BCUT2D eigenvalue weighted by Gasteiger charge is 2.34. The summed E-state index contributed by atoms with van der Waals surface area (Å²) in [6.45, 7) is 7.90. The van der Waals surface area contributed by atoms with E-state index in [1.807, 2.05) is 0 Å². The van der Waals surface area contributed by atoms with Gasteiger partial charge in [0.1, 0.15) is 31.8 Å². The van der Waals surface area contributed by atoms with E-state index >= 15 is 0 Å². The molecule has 0 aromatic carbocycles. The molecule has 2 rings (SSSR count). The van der Waals surface area contributed by atoms with Crippen LogP contribution < -0.4 is 0 Å². The van der Waals surface area contributed by atoms with Crippen LogP contribution in [0.25, 0.3) is 0 Å². The summed E-state index contributed by atoms with van der Waals surface area (Å²) in [6, 6.07) is 0. The van der Waals surface area contributed by atoms with Crippen LogP contribution >= 0.6 is 0 Å². The van der Waals surface area contributed by atoms with E-state index in [1.165, 1.54) is 0 Å². The van der Waals surface area contributed by atoms with Crippen molar-refractivity contribution < 1.29 is 38.0 Å². The zero-order valence-electron chi connectivity index (χ0n) is 14.0. The van der Waals surface area contributed by atoms with Crippen molar-refractivity contribution >= 4 is 11.9 Å². The van der Waals surface area contributed by atoms with Crippen LogP contribution in [-0.2, 0) is 38.0 Å². The van der Waals surface area contributed by atoms with Gasteiger partial charge in [-0.25, -0.2) is 0 Å². The van der Waals surface area contributed by atoms with Gasteiger partial charge >= 0.3 is 11.9 Å². The molecule has 0 N–H and O–H groups in total. The molecule has 0 spiro atoms. The minimum atomic E-state index is -0.673. The number of ether oxygens (including phenoxy) is 6. The third-order valence-corrected chi connectivity index (χ3v) is 3.28. The minimum absolute atomic E-state index is 0.0449. The smallest absolute Gasteiger partial charge is 0.317 e.